The van der Waals surface area contributed by atoms with Gasteiger partial charge in [0.1, 0.15) is 0 Å². The minimum absolute atomic E-state index is 0.290. The summed E-state index contributed by atoms with van der Waals surface area (Å²) < 4.78 is 12.0. The number of halogens is 1. The van der Waals surface area contributed by atoms with Crippen LogP contribution in [-0.4, -0.2) is 22.5 Å². The minimum atomic E-state index is -0.862. The quantitative estimate of drug-likeness (QED) is 0.828. The average Bonchev–Trinajstić information content (AvgIpc) is 2.29. The predicted octanol–water partition coefficient (Wildman–Crippen LogP) is 2.98. The lowest BCUT2D eigenvalue weighted by atomic mass is 10.2. The van der Waals surface area contributed by atoms with Crippen LogP contribution < -0.4 is 5.32 Å². The van der Waals surface area contributed by atoms with Gasteiger partial charge in [0, 0.05) is 27.6 Å². The maximum Gasteiger partial charge on any atom is 0.0501 e. The Morgan fingerprint density at radius 3 is 2.76 bits per heavy atom. The second-order valence-corrected chi connectivity index (χ2v) is 6.11. The second-order valence-electron chi connectivity index (χ2n) is 4.20. The van der Waals surface area contributed by atoms with E-state index in [0.29, 0.717) is 22.6 Å². The Labute approximate surface area is 111 Å². The standard InChI is InChI=1S/C13H20ClNOS/c1-3-8-15-11(2)9-17(16)10-12-6-4-5-7-13(12)14/h4-7,11,15H,3,8-10H2,1-2H3. The molecule has 0 aromatic heterocycles. The molecule has 0 aliphatic carbocycles. The van der Waals surface area contributed by atoms with Crippen LogP contribution in [0.5, 0.6) is 0 Å². The van der Waals surface area contributed by atoms with Gasteiger partial charge >= 0.3 is 0 Å². The van der Waals surface area contributed by atoms with Gasteiger partial charge in [-0.2, -0.15) is 0 Å². The van der Waals surface area contributed by atoms with Gasteiger partial charge in [-0.15, -0.1) is 0 Å². The molecule has 0 heterocycles. The Kier molecular flexibility index (Phi) is 6.78. The van der Waals surface area contributed by atoms with E-state index < -0.39 is 10.8 Å². The van der Waals surface area contributed by atoms with Crippen molar-refractivity contribution in [3.8, 4) is 0 Å². The lowest BCUT2D eigenvalue weighted by Gasteiger charge is -2.13. The molecule has 0 amide bonds. The van der Waals surface area contributed by atoms with Crippen molar-refractivity contribution >= 4 is 22.4 Å². The first-order valence-electron chi connectivity index (χ1n) is 5.95. The molecule has 2 atom stereocenters. The lowest BCUT2D eigenvalue weighted by molar-refractivity contribution is 0.582. The molecule has 0 saturated heterocycles. The Morgan fingerprint density at radius 1 is 1.41 bits per heavy atom. The fraction of sp³-hybridized carbons (Fsp3) is 0.538. The van der Waals surface area contributed by atoms with Gasteiger partial charge < -0.3 is 5.32 Å². The van der Waals surface area contributed by atoms with Gasteiger partial charge in [-0.25, -0.2) is 0 Å². The van der Waals surface area contributed by atoms with Crippen LogP contribution in [0.15, 0.2) is 24.3 Å². The first-order valence-corrected chi connectivity index (χ1v) is 7.81. The Hall–Kier alpha value is -0.380. The number of hydrogen-bond acceptors (Lipinski definition) is 2. The molecular weight excluding hydrogens is 254 g/mol. The van der Waals surface area contributed by atoms with E-state index in [1.165, 1.54) is 0 Å². The molecule has 0 fully saturated rings. The largest absolute Gasteiger partial charge is 0.313 e. The molecule has 0 aliphatic rings. The zero-order valence-corrected chi connectivity index (χ0v) is 12.0. The highest BCUT2D eigenvalue weighted by molar-refractivity contribution is 7.84. The van der Waals surface area contributed by atoms with Crippen molar-refractivity contribution in [1.29, 1.82) is 0 Å². The molecular formula is C13H20ClNOS. The normalized spacial score (nSPS) is 14.5. The van der Waals surface area contributed by atoms with Crippen molar-refractivity contribution in [3.63, 3.8) is 0 Å². The van der Waals surface area contributed by atoms with Crippen LogP contribution in [0, 0.1) is 0 Å². The maximum atomic E-state index is 12.0. The second kappa shape index (κ2) is 7.85. The first-order chi connectivity index (χ1) is 8.13. The molecule has 17 heavy (non-hydrogen) atoms. The predicted molar refractivity (Wildman–Crippen MR) is 75.9 cm³/mol. The van der Waals surface area contributed by atoms with Gasteiger partial charge in [0.25, 0.3) is 0 Å². The van der Waals surface area contributed by atoms with Crippen molar-refractivity contribution < 1.29 is 4.21 Å². The summed E-state index contributed by atoms with van der Waals surface area (Å²) in [7, 11) is -0.862. The van der Waals surface area contributed by atoms with Crippen LogP contribution >= 0.6 is 11.6 Å². The van der Waals surface area contributed by atoms with Crippen molar-refractivity contribution in [2.75, 3.05) is 12.3 Å². The highest BCUT2D eigenvalue weighted by Crippen LogP contribution is 2.16. The van der Waals surface area contributed by atoms with E-state index in [4.69, 9.17) is 11.6 Å². The molecule has 0 bridgehead atoms. The molecule has 0 radical (unpaired) electrons. The topological polar surface area (TPSA) is 29.1 Å². The van der Waals surface area contributed by atoms with Crippen LogP contribution in [0.1, 0.15) is 25.8 Å². The lowest BCUT2D eigenvalue weighted by Crippen LogP contribution is -2.32. The van der Waals surface area contributed by atoms with E-state index in [1.54, 1.807) is 0 Å². The third-order valence-electron chi connectivity index (χ3n) is 2.45. The van der Waals surface area contributed by atoms with Gasteiger partial charge in [-0.3, -0.25) is 4.21 Å². The monoisotopic (exact) mass is 273 g/mol. The number of benzene rings is 1. The Bertz CT molecular complexity index is 370. The van der Waals surface area contributed by atoms with Crippen LogP contribution in [0.3, 0.4) is 0 Å². The van der Waals surface area contributed by atoms with Crippen LogP contribution in [0.25, 0.3) is 0 Å². The number of hydrogen-bond donors (Lipinski definition) is 1. The minimum Gasteiger partial charge on any atom is -0.313 e. The summed E-state index contributed by atoms with van der Waals surface area (Å²) >= 11 is 6.04. The summed E-state index contributed by atoms with van der Waals surface area (Å²) in [5, 5.41) is 4.04. The molecule has 1 rings (SSSR count). The molecule has 96 valence electrons. The molecule has 2 nitrogen and oxygen atoms in total. The van der Waals surface area contributed by atoms with E-state index in [1.807, 2.05) is 24.3 Å². The van der Waals surface area contributed by atoms with Gasteiger partial charge in [0.2, 0.25) is 0 Å². The molecule has 2 unspecified atom stereocenters. The fourth-order valence-electron chi connectivity index (χ4n) is 1.58. The number of rotatable bonds is 7. The zero-order valence-electron chi connectivity index (χ0n) is 10.4. The van der Waals surface area contributed by atoms with E-state index in [2.05, 4.69) is 19.2 Å². The van der Waals surface area contributed by atoms with E-state index >= 15 is 0 Å². The first kappa shape index (κ1) is 14.7. The molecule has 1 N–H and O–H groups in total. The fourth-order valence-corrected chi connectivity index (χ4v) is 3.25. The third-order valence-corrected chi connectivity index (χ3v) is 4.33. The number of nitrogens with one attached hydrogen (secondary N) is 1. The SMILES string of the molecule is CCCNC(C)CS(=O)Cc1ccccc1Cl. The Balaban J connectivity index is 2.42. The van der Waals surface area contributed by atoms with Gasteiger partial charge in [0.15, 0.2) is 0 Å². The smallest absolute Gasteiger partial charge is 0.0501 e. The van der Waals surface area contributed by atoms with Crippen LogP contribution in [0.4, 0.5) is 0 Å². The summed E-state index contributed by atoms with van der Waals surface area (Å²) in [4.78, 5) is 0. The molecule has 0 aliphatic heterocycles. The maximum absolute atomic E-state index is 12.0. The molecule has 1 aromatic rings. The van der Waals surface area contributed by atoms with Crippen LogP contribution in [0.2, 0.25) is 5.02 Å². The highest BCUT2D eigenvalue weighted by atomic mass is 35.5. The third kappa shape index (κ3) is 5.66. The summed E-state index contributed by atoms with van der Waals surface area (Å²) in [6.07, 6.45) is 1.10. The van der Waals surface area contributed by atoms with Gasteiger partial charge in [-0.1, -0.05) is 36.7 Å². The summed E-state index contributed by atoms with van der Waals surface area (Å²) in [6, 6.07) is 7.88. The van der Waals surface area contributed by atoms with Crippen molar-refractivity contribution in [1.82, 2.24) is 5.32 Å². The summed E-state index contributed by atoms with van der Waals surface area (Å²) in [5.74, 6) is 1.21. The molecule has 1 aromatic carbocycles. The van der Waals surface area contributed by atoms with Gasteiger partial charge in [0.05, 0.1) is 5.75 Å². The molecule has 0 saturated carbocycles. The average molecular weight is 274 g/mol. The summed E-state index contributed by atoms with van der Waals surface area (Å²) in [6.45, 7) is 5.17. The van der Waals surface area contributed by atoms with Gasteiger partial charge in [-0.05, 0) is 31.5 Å². The molecule has 4 heteroatoms. The summed E-state index contributed by atoms with van der Waals surface area (Å²) in [5.41, 5.74) is 0.968. The van der Waals surface area contributed by atoms with E-state index in [9.17, 15) is 4.21 Å². The van der Waals surface area contributed by atoms with E-state index in [-0.39, 0.29) is 0 Å². The molecule has 0 spiro atoms. The van der Waals surface area contributed by atoms with Crippen molar-refractivity contribution in [3.05, 3.63) is 34.9 Å². The zero-order chi connectivity index (χ0) is 12.7. The van der Waals surface area contributed by atoms with E-state index in [0.717, 1.165) is 18.5 Å². The Morgan fingerprint density at radius 2 is 2.12 bits per heavy atom. The van der Waals surface area contributed by atoms with Crippen molar-refractivity contribution in [2.24, 2.45) is 0 Å². The van der Waals surface area contributed by atoms with Crippen LogP contribution in [-0.2, 0) is 16.6 Å². The highest BCUT2D eigenvalue weighted by Gasteiger charge is 2.09. The van der Waals surface area contributed by atoms with Crippen molar-refractivity contribution in [2.45, 2.75) is 32.1 Å².